The maximum absolute atomic E-state index is 11.6. The molecule has 1 rings (SSSR count). The first-order chi connectivity index (χ1) is 8.00. The normalized spacial score (nSPS) is 21.5. The molecule has 0 aromatic carbocycles. The third kappa shape index (κ3) is 4.73. The van der Waals surface area contributed by atoms with Crippen molar-refractivity contribution >= 4 is 11.9 Å². The molecule has 1 aliphatic rings. The van der Waals surface area contributed by atoms with Gasteiger partial charge in [0, 0.05) is 13.0 Å². The third-order valence-electron chi connectivity index (χ3n) is 2.97. The van der Waals surface area contributed by atoms with Gasteiger partial charge in [0.05, 0.1) is 6.10 Å². The van der Waals surface area contributed by atoms with Crippen molar-refractivity contribution in [1.82, 2.24) is 5.32 Å². The number of amides is 1. The average Bonchev–Trinajstić information content (AvgIpc) is 2.74. The van der Waals surface area contributed by atoms with Crippen LogP contribution in [0.15, 0.2) is 0 Å². The highest BCUT2D eigenvalue weighted by atomic mass is 16.5. The molecule has 1 heterocycles. The van der Waals surface area contributed by atoms with Gasteiger partial charge < -0.3 is 15.2 Å². The second-order valence-corrected chi connectivity index (χ2v) is 4.80. The highest BCUT2D eigenvalue weighted by Crippen LogP contribution is 2.16. The number of nitrogens with one attached hydrogen (secondary N) is 1. The van der Waals surface area contributed by atoms with E-state index >= 15 is 0 Å². The van der Waals surface area contributed by atoms with Crippen molar-refractivity contribution in [2.45, 2.75) is 51.7 Å². The van der Waals surface area contributed by atoms with Crippen LogP contribution in [0.4, 0.5) is 0 Å². The van der Waals surface area contributed by atoms with Crippen molar-refractivity contribution in [2.75, 3.05) is 6.61 Å². The first-order valence-corrected chi connectivity index (χ1v) is 6.14. The van der Waals surface area contributed by atoms with Crippen molar-refractivity contribution in [1.29, 1.82) is 0 Å². The number of carboxylic acids is 1. The predicted octanol–water partition coefficient (Wildman–Crippen LogP) is 1.17. The Morgan fingerprint density at radius 2 is 2.18 bits per heavy atom. The Kier molecular flexibility index (Phi) is 5.41. The van der Waals surface area contributed by atoms with Gasteiger partial charge in [-0.05, 0) is 25.2 Å². The summed E-state index contributed by atoms with van der Waals surface area (Å²) in [6.07, 6.45) is 3.23. The van der Waals surface area contributed by atoms with Crippen LogP contribution in [0.5, 0.6) is 0 Å². The summed E-state index contributed by atoms with van der Waals surface area (Å²) in [6.45, 7) is 4.33. The van der Waals surface area contributed by atoms with Crippen molar-refractivity contribution in [3.8, 4) is 0 Å². The second-order valence-electron chi connectivity index (χ2n) is 4.80. The van der Waals surface area contributed by atoms with Crippen molar-refractivity contribution in [3.05, 3.63) is 0 Å². The summed E-state index contributed by atoms with van der Waals surface area (Å²) >= 11 is 0. The van der Waals surface area contributed by atoms with Gasteiger partial charge in [-0.15, -0.1) is 0 Å². The van der Waals surface area contributed by atoms with Crippen LogP contribution in [0.3, 0.4) is 0 Å². The van der Waals surface area contributed by atoms with E-state index in [0.717, 1.165) is 19.4 Å². The van der Waals surface area contributed by atoms with E-state index in [9.17, 15) is 9.59 Å². The lowest BCUT2D eigenvalue weighted by atomic mass is 10.0. The quantitative estimate of drug-likeness (QED) is 0.734. The lowest BCUT2D eigenvalue weighted by Gasteiger charge is -2.18. The molecule has 0 bridgehead atoms. The second kappa shape index (κ2) is 6.59. The first-order valence-electron chi connectivity index (χ1n) is 6.14. The Morgan fingerprint density at radius 3 is 2.65 bits per heavy atom. The zero-order valence-corrected chi connectivity index (χ0v) is 10.4. The third-order valence-corrected chi connectivity index (χ3v) is 2.97. The van der Waals surface area contributed by atoms with Gasteiger partial charge in [0.2, 0.25) is 5.91 Å². The molecule has 2 N–H and O–H groups in total. The summed E-state index contributed by atoms with van der Waals surface area (Å²) in [7, 11) is 0. The SMILES string of the molecule is CC(C)[C@H](NC(=O)CC[C@H]1CCCO1)C(=O)O. The summed E-state index contributed by atoms with van der Waals surface area (Å²) < 4.78 is 5.41. The fourth-order valence-corrected chi connectivity index (χ4v) is 1.92. The van der Waals surface area contributed by atoms with Crippen LogP contribution in [0.2, 0.25) is 0 Å². The fourth-order valence-electron chi connectivity index (χ4n) is 1.92. The Balaban J connectivity index is 2.29. The Labute approximate surface area is 102 Å². The Hall–Kier alpha value is -1.10. The molecule has 0 aromatic heterocycles. The number of aliphatic carboxylic acids is 1. The topological polar surface area (TPSA) is 75.6 Å². The van der Waals surface area contributed by atoms with Crippen LogP contribution in [-0.4, -0.2) is 35.7 Å². The zero-order chi connectivity index (χ0) is 12.8. The molecule has 5 nitrogen and oxygen atoms in total. The van der Waals surface area contributed by atoms with Crippen LogP contribution in [-0.2, 0) is 14.3 Å². The molecule has 2 atom stereocenters. The van der Waals surface area contributed by atoms with Crippen LogP contribution >= 0.6 is 0 Å². The van der Waals surface area contributed by atoms with E-state index in [1.807, 2.05) is 0 Å². The summed E-state index contributed by atoms with van der Waals surface area (Å²) in [5.41, 5.74) is 0. The number of carboxylic acid groups (broad SMARTS) is 1. The van der Waals surface area contributed by atoms with Gasteiger partial charge in [0.25, 0.3) is 0 Å². The fraction of sp³-hybridized carbons (Fsp3) is 0.833. The van der Waals surface area contributed by atoms with E-state index in [1.165, 1.54) is 0 Å². The molecule has 1 fully saturated rings. The van der Waals surface area contributed by atoms with Gasteiger partial charge in [-0.2, -0.15) is 0 Å². The number of carbonyl (C=O) groups excluding carboxylic acids is 1. The van der Waals surface area contributed by atoms with Gasteiger partial charge in [-0.25, -0.2) is 4.79 Å². The molecule has 0 aliphatic carbocycles. The van der Waals surface area contributed by atoms with E-state index in [4.69, 9.17) is 9.84 Å². The molecule has 98 valence electrons. The molecule has 5 heteroatoms. The van der Waals surface area contributed by atoms with E-state index in [2.05, 4.69) is 5.32 Å². The molecule has 0 unspecified atom stereocenters. The number of hydrogen-bond donors (Lipinski definition) is 2. The molecule has 1 aliphatic heterocycles. The van der Waals surface area contributed by atoms with E-state index in [0.29, 0.717) is 12.8 Å². The minimum Gasteiger partial charge on any atom is -0.480 e. The molecule has 1 saturated heterocycles. The van der Waals surface area contributed by atoms with E-state index in [-0.39, 0.29) is 17.9 Å². The molecule has 0 radical (unpaired) electrons. The minimum absolute atomic E-state index is 0.112. The largest absolute Gasteiger partial charge is 0.480 e. The van der Waals surface area contributed by atoms with Gasteiger partial charge in [-0.1, -0.05) is 13.8 Å². The standard InChI is InChI=1S/C12H21NO4/c1-8(2)11(12(15)16)13-10(14)6-5-9-4-3-7-17-9/h8-9,11H,3-7H2,1-2H3,(H,13,14)(H,15,16)/t9-,11+/m1/s1. The molecule has 1 amide bonds. The number of carbonyl (C=O) groups is 2. The molecule has 0 aromatic rings. The molecular weight excluding hydrogens is 222 g/mol. The maximum atomic E-state index is 11.6. The average molecular weight is 243 g/mol. The molecule has 0 spiro atoms. The summed E-state index contributed by atoms with van der Waals surface area (Å²) in [5.74, 6) is -1.30. The van der Waals surface area contributed by atoms with Crippen LogP contribution in [0, 0.1) is 5.92 Å². The number of rotatable bonds is 6. The van der Waals surface area contributed by atoms with Crippen LogP contribution in [0.1, 0.15) is 39.5 Å². The van der Waals surface area contributed by atoms with Crippen molar-refractivity contribution in [3.63, 3.8) is 0 Å². The van der Waals surface area contributed by atoms with Crippen LogP contribution < -0.4 is 5.32 Å². The summed E-state index contributed by atoms with van der Waals surface area (Å²) in [4.78, 5) is 22.5. The highest BCUT2D eigenvalue weighted by Gasteiger charge is 2.24. The number of hydrogen-bond acceptors (Lipinski definition) is 3. The summed E-state index contributed by atoms with van der Waals surface area (Å²) in [6, 6.07) is -0.799. The maximum Gasteiger partial charge on any atom is 0.326 e. The Bertz CT molecular complexity index is 272. The predicted molar refractivity (Wildman–Crippen MR) is 62.6 cm³/mol. The zero-order valence-electron chi connectivity index (χ0n) is 10.4. The van der Waals surface area contributed by atoms with Crippen LogP contribution in [0.25, 0.3) is 0 Å². The molecular formula is C12H21NO4. The monoisotopic (exact) mass is 243 g/mol. The lowest BCUT2D eigenvalue weighted by molar-refractivity contribution is -0.143. The van der Waals surface area contributed by atoms with E-state index in [1.54, 1.807) is 13.8 Å². The smallest absolute Gasteiger partial charge is 0.326 e. The number of ether oxygens (including phenoxy) is 1. The Morgan fingerprint density at radius 1 is 1.47 bits per heavy atom. The van der Waals surface area contributed by atoms with Gasteiger partial charge in [0.1, 0.15) is 6.04 Å². The van der Waals surface area contributed by atoms with Gasteiger partial charge in [-0.3, -0.25) is 4.79 Å². The van der Waals surface area contributed by atoms with Gasteiger partial charge >= 0.3 is 5.97 Å². The summed E-state index contributed by atoms with van der Waals surface area (Å²) in [5, 5.41) is 11.5. The van der Waals surface area contributed by atoms with Crippen molar-refractivity contribution < 1.29 is 19.4 Å². The molecule has 0 saturated carbocycles. The minimum atomic E-state index is -0.981. The first kappa shape index (κ1) is 14.0. The highest BCUT2D eigenvalue weighted by molar-refractivity contribution is 5.83. The van der Waals surface area contributed by atoms with E-state index < -0.39 is 12.0 Å². The van der Waals surface area contributed by atoms with Gasteiger partial charge in [0.15, 0.2) is 0 Å². The lowest BCUT2D eigenvalue weighted by Crippen LogP contribution is -2.44. The molecule has 17 heavy (non-hydrogen) atoms. The van der Waals surface area contributed by atoms with Crippen molar-refractivity contribution in [2.24, 2.45) is 5.92 Å².